The second kappa shape index (κ2) is 7.22. The van der Waals surface area contributed by atoms with Crippen LogP contribution in [0.25, 0.3) is 0 Å². The van der Waals surface area contributed by atoms with Gasteiger partial charge in [0.15, 0.2) is 0 Å². The van der Waals surface area contributed by atoms with Crippen molar-refractivity contribution in [1.82, 2.24) is 20.1 Å². The van der Waals surface area contributed by atoms with Crippen LogP contribution in [0.4, 0.5) is 5.69 Å². The van der Waals surface area contributed by atoms with Crippen molar-refractivity contribution < 1.29 is 0 Å². The first-order valence-corrected chi connectivity index (χ1v) is 7.56. The summed E-state index contributed by atoms with van der Waals surface area (Å²) in [5.74, 6) is 0.953. The highest BCUT2D eigenvalue weighted by Gasteiger charge is 2.10. The van der Waals surface area contributed by atoms with Gasteiger partial charge in [0.1, 0.15) is 12.2 Å². The van der Waals surface area contributed by atoms with E-state index in [1.807, 2.05) is 11.6 Å². The highest BCUT2D eigenvalue weighted by atomic mass is 15.3. The van der Waals surface area contributed by atoms with Crippen molar-refractivity contribution >= 4 is 5.69 Å². The van der Waals surface area contributed by atoms with Crippen molar-refractivity contribution in [3.05, 3.63) is 42.0 Å². The Morgan fingerprint density at radius 1 is 1.19 bits per heavy atom. The van der Waals surface area contributed by atoms with Crippen LogP contribution in [0.2, 0.25) is 0 Å². The van der Waals surface area contributed by atoms with Crippen LogP contribution < -0.4 is 10.2 Å². The fourth-order valence-corrected chi connectivity index (χ4v) is 2.46. The fraction of sp³-hybridized carbons (Fsp3) is 0.500. The third-order valence-corrected chi connectivity index (χ3v) is 3.81. The Balaban J connectivity index is 1.93. The number of aryl methyl sites for hydroxylation is 1. The minimum atomic E-state index is 0.181. The summed E-state index contributed by atoms with van der Waals surface area (Å²) in [6.45, 7) is 9.37. The van der Waals surface area contributed by atoms with Gasteiger partial charge in [-0.15, -0.1) is 10.2 Å². The molecule has 5 heteroatoms. The zero-order valence-corrected chi connectivity index (χ0v) is 13.4. The van der Waals surface area contributed by atoms with E-state index in [0.717, 1.165) is 25.5 Å². The van der Waals surface area contributed by atoms with E-state index >= 15 is 0 Å². The smallest absolute Gasteiger partial charge is 0.149 e. The van der Waals surface area contributed by atoms with Crippen molar-refractivity contribution in [3.8, 4) is 0 Å². The molecule has 0 spiro atoms. The van der Waals surface area contributed by atoms with Gasteiger partial charge in [-0.25, -0.2) is 0 Å². The minimum absolute atomic E-state index is 0.181. The van der Waals surface area contributed by atoms with Crippen LogP contribution in [0, 0.1) is 0 Å². The molecular weight excluding hydrogens is 262 g/mol. The van der Waals surface area contributed by atoms with Gasteiger partial charge in [-0.1, -0.05) is 12.1 Å². The lowest BCUT2D eigenvalue weighted by molar-refractivity contribution is 0.528. The van der Waals surface area contributed by atoms with Crippen LogP contribution in [0.5, 0.6) is 0 Å². The van der Waals surface area contributed by atoms with Crippen molar-refractivity contribution in [2.75, 3.05) is 18.0 Å². The summed E-state index contributed by atoms with van der Waals surface area (Å²) in [6, 6.07) is 8.93. The molecule has 1 heterocycles. The number of hydrogen-bond donors (Lipinski definition) is 1. The number of aromatic nitrogens is 3. The zero-order valence-electron chi connectivity index (χ0n) is 13.4. The van der Waals surface area contributed by atoms with Gasteiger partial charge in [0.05, 0.1) is 6.04 Å². The van der Waals surface area contributed by atoms with Gasteiger partial charge in [0, 0.05) is 32.4 Å². The molecule has 0 amide bonds. The molecule has 1 aromatic heterocycles. The number of nitrogens with one attached hydrogen (secondary N) is 1. The maximum Gasteiger partial charge on any atom is 0.149 e. The van der Waals surface area contributed by atoms with Crippen LogP contribution in [0.3, 0.4) is 0 Å². The Morgan fingerprint density at radius 3 is 2.38 bits per heavy atom. The first kappa shape index (κ1) is 15.5. The molecule has 1 aromatic carbocycles. The van der Waals surface area contributed by atoms with Gasteiger partial charge in [0.25, 0.3) is 0 Å². The van der Waals surface area contributed by atoms with E-state index in [2.05, 4.69) is 65.5 Å². The molecule has 1 atom stereocenters. The summed E-state index contributed by atoms with van der Waals surface area (Å²) in [4.78, 5) is 2.35. The monoisotopic (exact) mass is 287 g/mol. The van der Waals surface area contributed by atoms with E-state index < -0.39 is 0 Å². The summed E-state index contributed by atoms with van der Waals surface area (Å²) < 4.78 is 1.95. The third-order valence-electron chi connectivity index (χ3n) is 3.81. The fourth-order valence-electron chi connectivity index (χ4n) is 2.46. The first-order valence-electron chi connectivity index (χ1n) is 7.56. The number of hydrogen-bond acceptors (Lipinski definition) is 4. The van der Waals surface area contributed by atoms with Crippen molar-refractivity contribution in [1.29, 1.82) is 0 Å². The molecule has 2 rings (SSSR count). The lowest BCUT2D eigenvalue weighted by atomic mass is 10.2. The van der Waals surface area contributed by atoms with E-state index in [4.69, 9.17) is 0 Å². The van der Waals surface area contributed by atoms with Crippen LogP contribution in [-0.4, -0.2) is 27.9 Å². The van der Waals surface area contributed by atoms with Gasteiger partial charge >= 0.3 is 0 Å². The Morgan fingerprint density at radius 2 is 1.86 bits per heavy atom. The molecule has 0 fully saturated rings. The molecule has 0 saturated heterocycles. The molecule has 1 unspecified atom stereocenters. The second-order valence-electron chi connectivity index (χ2n) is 5.24. The molecule has 0 aliphatic rings. The first-order chi connectivity index (χ1) is 10.2. The quantitative estimate of drug-likeness (QED) is 0.850. The van der Waals surface area contributed by atoms with Crippen molar-refractivity contribution in [2.24, 2.45) is 7.05 Å². The second-order valence-corrected chi connectivity index (χ2v) is 5.24. The number of nitrogens with zero attached hydrogens (tertiary/aromatic N) is 4. The van der Waals surface area contributed by atoms with E-state index in [9.17, 15) is 0 Å². The predicted molar refractivity (Wildman–Crippen MR) is 86.3 cm³/mol. The van der Waals surface area contributed by atoms with Crippen molar-refractivity contribution in [2.45, 2.75) is 33.4 Å². The Bertz CT molecular complexity index is 542. The zero-order chi connectivity index (χ0) is 15.2. The number of benzene rings is 1. The largest absolute Gasteiger partial charge is 0.372 e. The molecule has 0 radical (unpaired) electrons. The van der Waals surface area contributed by atoms with Gasteiger partial charge in [0.2, 0.25) is 0 Å². The van der Waals surface area contributed by atoms with E-state index in [-0.39, 0.29) is 6.04 Å². The van der Waals surface area contributed by atoms with E-state index in [0.29, 0.717) is 0 Å². The SMILES string of the molecule is CCN(CC)c1ccc(CNC(C)c2nncn2C)cc1. The summed E-state index contributed by atoms with van der Waals surface area (Å²) in [7, 11) is 1.96. The molecule has 2 aromatic rings. The summed E-state index contributed by atoms with van der Waals surface area (Å²) in [5.41, 5.74) is 2.56. The highest BCUT2D eigenvalue weighted by Crippen LogP contribution is 2.15. The molecule has 21 heavy (non-hydrogen) atoms. The summed E-state index contributed by atoms with van der Waals surface area (Å²) in [5, 5.41) is 11.5. The van der Waals surface area contributed by atoms with E-state index in [1.54, 1.807) is 6.33 Å². The third kappa shape index (κ3) is 3.82. The molecule has 114 valence electrons. The van der Waals surface area contributed by atoms with Crippen LogP contribution in [-0.2, 0) is 13.6 Å². The topological polar surface area (TPSA) is 46.0 Å². The van der Waals surface area contributed by atoms with Gasteiger partial charge in [-0.05, 0) is 38.5 Å². The minimum Gasteiger partial charge on any atom is -0.372 e. The average molecular weight is 287 g/mol. The molecule has 1 N–H and O–H groups in total. The molecule has 0 bridgehead atoms. The van der Waals surface area contributed by atoms with E-state index in [1.165, 1.54) is 11.3 Å². The van der Waals surface area contributed by atoms with Crippen LogP contribution in [0.15, 0.2) is 30.6 Å². The molecule has 5 nitrogen and oxygen atoms in total. The van der Waals surface area contributed by atoms with Crippen LogP contribution in [0.1, 0.15) is 38.2 Å². The maximum absolute atomic E-state index is 4.13. The lowest BCUT2D eigenvalue weighted by Crippen LogP contribution is -2.22. The number of rotatable bonds is 7. The molecule has 0 aliphatic carbocycles. The molecule has 0 saturated carbocycles. The highest BCUT2D eigenvalue weighted by molar-refractivity contribution is 5.47. The molecule has 0 aliphatic heterocycles. The predicted octanol–water partition coefficient (Wildman–Crippen LogP) is 2.51. The normalized spacial score (nSPS) is 12.4. The van der Waals surface area contributed by atoms with Gasteiger partial charge in [-0.3, -0.25) is 0 Å². The summed E-state index contributed by atoms with van der Waals surface area (Å²) >= 11 is 0. The van der Waals surface area contributed by atoms with Crippen molar-refractivity contribution in [3.63, 3.8) is 0 Å². The van der Waals surface area contributed by atoms with Crippen LogP contribution >= 0.6 is 0 Å². The standard InChI is InChI=1S/C16H25N5/c1-5-21(6-2)15-9-7-14(8-10-15)11-17-13(3)16-19-18-12-20(16)4/h7-10,12-13,17H,5-6,11H2,1-4H3. The Labute approximate surface area is 127 Å². The summed E-state index contributed by atoms with van der Waals surface area (Å²) in [6.07, 6.45) is 1.73. The van der Waals surface area contributed by atoms with Gasteiger partial charge in [-0.2, -0.15) is 0 Å². The maximum atomic E-state index is 4.13. The van der Waals surface area contributed by atoms with Gasteiger partial charge < -0.3 is 14.8 Å². The molecular formula is C16H25N5. The average Bonchev–Trinajstić information content (AvgIpc) is 2.93. The Kier molecular flexibility index (Phi) is 5.33. The lowest BCUT2D eigenvalue weighted by Gasteiger charge is -2.21. The number of anilines is 1. The Hall–Kier alpha value is -1.88.